The first-order chi connectivity index (χ1) is 20.8. The molecule has 2 heterocycles. The zero-order chi connectivity index (χ0) is 28.2. The molecule has 0 atom stereocenters. The maximum absolute atomic E-state index is 10.1. The Morgan fingerprint density at radius 2 is 1.05 bits per heavy atom. The van der Waals surface area contributed by atoms with E-state index < -0.39 is 0 Å². The molecule has 0 N–H and O–H groups in total. The van der Waals surface area contributed by atoms with Crippen molar-refractivity contribution in [3.8, 4) is 34.6 Å². The number of hydrogen-bond acceptors (Lipinski definition) is 2. The van der Waals surface area contributed by atoms with Crippen molar-refractivity contribution in [1.82, 2.24) is 9.13 Å². The molecule has 0 unspecified atom stereocenters. The molecule has 0 saturated heterocycles. The Labute approximate surface area is 242 Å². The summed E-state index contributed by atoms with van der Waals surface area (Å²) in [6.45, 7) is 0. The summed E-state index contributed by atoms with van der Waals surface area (Å²) in [5, 5.41) is 24.6. The number of benzene rings is 6. The predicted octanol–water partition coefficient (Wildman–Crippen LogP) is 9.29. The molecule has 0 aliphatic rings. The molecule has 0 saturated carbocycles. The van der Waals surface area contributed by atoms with Gasteiger partial charge in [0.1, 0.15) is 12.1 Å². The van der Waals surface area contributed by atoms with Gasteiger partial charge in [0, 0.05) is 27.2 Å². The molecule has 0 spiro atoms. The van der Waals surface area contributed by atoms with Gasteiger partial charge < -0.3 is 9.13 Å². The minimum Gasteiger partial charge on any atom is -0.309 e. The quantitative estimate of drug-likeness (QED) is 0.227. The topological polar surface area (TPSA) is 57.4 Å². The number of nitriles is 2. The lowest BCUT2D eigenvalue weighted by atomic mass is 9.98. The molecular weight excluding hydrogens is 512 g/mol. The van der Waals surface area contributed by atoms with E-state index in [1.807, 2.05) is 18.2 Å². The van der Waals surface area contributed by atoms with Gasteiger partial charge in [-0.05, 0) is 59.7 Å². The third kappa shape index (κ3) is 3.33. The average molecular weight is 535 g/mol. The van der Waals surface area contributed by atoms with Crippen LogP contribution >= 0.6 is 0 Å². The van der Waals surface area contributed by atoms with E-state index in [0.29, 0.717) is 16.8 Å². The first-order valence-electron chi connectivity index (χ1n) is 13.8. The van der Waals surface area contributed by atoms with Crippen LogP contribution in [0.1, 0.15) is 11.1 Å². The molecule has 4 heteroatoms. The van der Waals surface area contributed by atoms with Crippen molar-refractivity contribution in [3.63, 3.8) is 0 Å². The van der Waals surface area contributed by atoms with Gasteiger partial charge in [0.15, 0.2) is 0 Å². The molecule has 4 nitrogen and oxygen atoms in total. The van der Waals surface area contributed by atoms with Crippen molar-refractivity contribution in [2.45, 2.75) is 0 Å². The minimum absolute atomic E-state index is 0.468. The molecule has 42 heavy (non-hydrogen) atoms. The molecule has 194 valence electrons. The lowest BCUT2D eigenvalue weighted by Gasteiger charge is -2.13. The maximum Gasteiger partial charge on any atom is 0.101 e. The number of aromatic nitrogens is 2. The van der Waals surface area contributed by atoms with E-state index in [-0.39, 0.29) is 0 Å². The third-order valence-electron chi connectivity index (χ3n) is 8.20. The first-order valence-corrected chi connectivity index (χ1v) is 13.8. The van der Waals surface area contributed by atoms with E-state index in [1.54, 1.807) is 18.2 Å². The minimum atomic E-state index is 0.468. The van der Waals surface area contributed by atoms with Crippen LogP contribution in [0.4, 0.5) is 0 Å². The van der Waals surface area contributed by atoms with Crippen LogP contribution in [-0.4, -0.2) is 9.13 Å². The van der Waals surface area contributed by atoms with Crippen LogP contribution in [0.2, 0.25) is 0 Å². The number of fused-ring (bicyclic) bond motifs is 6. The van der Waals surface area contributed by atoms with E-state index in [1.165, 1.54) is 10.8 Å². The Bertz CT molecular complexity index is 2400. The van der Waals surface area contributed by atoms with Crippen molar-refractivity contribution in [1.29, 1.82) is 10.5 Å². The molecule has 0 bridgehead atoms. The van der Waals surface area contributed by atoms with Gasteiger partial charge >= 0.3 is 0 Å². The van der Waals surface area contributed by atoms with Crippen LogP contribution in [0.3, 0.4) is 0 Å². The zero-order valence-corrected chi connectivity index (χ0v) is 22.5. The van der Waals surface area contributed by atoms with E-state index in [0.717, 1.165) is 49.7 Å². The Morgan fingerprint density at radius 1 is 0.452 bits per heavy atom. The van der Waals surface area contributed by atoms with Gasteiger partial charge in [-0.2, -0.15) is 10.5 Å². The SMILES string of the molecule is N#Cc1cccc(C#N)c1-n1c2ccccc2c2ccc(-c3cccc4c3c3ccccc3n4-c3ccccc3)cc21. The molecular formula is C38H22N4. The van der Waals surface area contributed by atoms with E-state index in [4.69, 9.17) is 0 Å². The van der Waals surface area contributed by atoms with Gasteiger partial charge in [-0.3, -0.25) is 0 Å². The average Bonchev–Trinajstić information content (AvgIpc) is 3.57. The summed E-state index contributed by atoms with van der Waals surface area (Å²) in [5.41, 5.74) is 9.08. The zero-order valence-electron chi connectivity index (χ0n) is 22.5. The van der Waals surface area contributed by atoms with Gasteiger partial charge in [-0.25, -0.2) is 0 Å². The van der Waals surface area contributed by atoms with Crippen LogP contribution in [0.25, 0.3) is 66.1 Å². The fraction of sp³-hybridized carbons (Fsp3) is 0. The summed E-state index contributed by atoms with van der Waals surface area (Å²) in [6.07, 6.45) is 0. The van der Waals surface area contributed by atoms with Gasteiger partial charge in [0.05, 0.1) is 38.9 Å². The lowest BCUT2D eigenvalue weighted by Crippen LogP contribution is -2.01. The third-order valence-corrected chi connectivity index (χ3v) is 8.20. The van der Waals surface area contributed by atoms with Gasteiger partial charge in [-0.15, -0.1) is 0 Å². The second kappa shape index (κ2) is 9.24. The summed E-state index contributed by atoms with van der Waals surface area (Å²) >= 11 is 0. The highest BCUT2D eigenvalue weighted by Crippen LogP contribution is 2.41. The van der Waals surface area contributed by atoms with Crippen molar-refractivity contribution in [2.24, 2.45) is 0 Å². The molecule has 6 aromatic carbocycles. The normalized spacial score (nSPS) is 11.3. The Kier molecular flexibility index (Phi) is 5.22. The van der Waals surface area contributed by atoms with Gasteiger partial charge in [0.25, 0.3) is 0 Å². The summed E-state index contributed by atoms with van der Waals surface area (Å²) in [5.74, 6) is 0. The highest BCUT2D eigenvalue weighted by molar-refractivity contribution is 6.17. The molecule has 0 aliphatic carbocycles. The largest absolute Gasteiger partial charge is 0.309 e. The van der Waals surface area contributed by atoms with E-state index in [9.17, 15) is 10.5 Å². The summed E-state index contributed by atoms with van der Waals surface area (Å²) < 4.78 is 4.41. The second-order valence-corrected chi connectivity index (χ2v) is 10.4. The number of rotatable bonds is 3. The number of para-hydroxylation sites is 4. The summed E-state index contributed by atoms with van der Waals surface area (Å²) in [4.78, 5) is 0. The van der Waals surface area contributed by atoms with Crippen molar-refractivity contribution < 1.29 is 0 Å². The standard InChI is InChI=1S/C38H22N4/c39-23-26-10-8-11-27(24-40)38(26)42-33-17-6-4-14-30(33)31-21-20-25(22-36(31)42)29-16-9-19-35-37(29)32-15-5-7-18-34(32)41(35)28-12-2-1-3-13-28/h1-22H. The van der Waals surface area contributed by atoms with Crippen molar-refractivity contribution in [3.05, 3.63) is 145 Å². The predicted molar refractivity (Wildman–Crippen MR) is 170 cm³/mol. The lowest BCUT2D eigenvalue weighted by molar-refractivity contribution is 1.15. The highest BCUT2D eigenvalue weighted by Gasteiger charge is 2.20. The van der Waals surface area contributed by atoms with Crippen molar-refractivity contribution >= 4 is 43.6 Å². The Morgan fingerprint density at radius 3 is 1.79 bits per heavy atom. The highest BCUT2D eigenvalue weighted by atomic mass is 15.0. The van der Waals surface area contributed by atoms with Crippen LogP contribution < -0.4 is 0 Å². The van der Waals surface area contributed by atoms with Crippen LogP contribution in [0.15, 0.2) is 133 Å². The number of nitrogens with zero attached hydrogens (tertiary/aromatic N) is 4. The fourth-order valence-corrected chi connectivity index (χ4v) is 6.46. The Balaban J connectivity index is 1.48. The molecule has 0 aliphatic heterocycles. The van der Waals surface area contributed by atoms with Crippen molar-refractivity contribution in [2.75, 3.05) is 0 Å². The van der Waals surface area contributed by atoms with Crippen LogP contribution in [0.5, 0.6) is 0 Å². The monoisotopic (exact) mass is 534 g/mol. The molecule has 0 radical (unpaired) electrons. The second-order valence-electron chi connectivity index (χ2n) is 10.4. The Hall–Kier alpha value is -6.10. The molecule has 2 aromatic heterocycles. The summed E-state index contributed by atoms with van der Waals surface area (Å²) in [6, 6.07) is 50.2. The fourth-order valence-electron chi connectivity index (χ4n) is 6.46. The molecule has 0 amide bonds. The van der Waals surface area contributed by atoms with Crippen LogP contribution in [0, 0.1) is 22.7 Å². The maximum atomic E-state index is 10.1. The molecule has 8 aromatic rings. The molecule has 0 fully saturated rings. The smallest absolute Gasteiger partial charge is 0.101 e. The summed E-state index contributed by atoms with van der Waals surface area (Å²) in [7, 11) is 0. The van der Waals surface area contributed by atoms with Gasteiger partial charge in [0.2, 0.25) is 0 Å². The van der Waals surface area contributed by atoms with E-state index >= 15 is 0 Å². The first kappa shape index (κ1) is 23.8. The van der Waals surface area contributed by atoms with Gasteiger partial charge in [-0.1, -0.05) is 84.9 Å². The van der Waals surface area contributed by atoms with E-state index in [2.05, 4.69) is 118 Å². The van der Waals surface area contributed by atoms with Crippen LogP contribution in [-0.2, 0) is 0 Å². The number of hydrogen-bond donors (Lipinski definition) is 0. The molecule has 8 rings (SSSR count).